The molecule has 2 aromatic carbocycles. The summed E-state index contributed by atoms with van der Waals surface area (Å²) in [5, 5.41) is 3.41. The van der Waals surface area contributed by atoms with Crippen LogP contribution in [-0.4, -0.2) is 19.1 Å². The van der Waals surface area contributed by atoms with Crippen LogP contribution < -0.4 is 20.2 Å². The molecule has 0 bridgehead atoms. The van der Waals surface area contributed by atoms with Crippen molar-refractivity contribution in [3.05, 3.63) is 64.3 Å². The van der Waals surface area contributed by atoms with Crippen LogP contribution in [0.5, 0.6) is 11.5 Å². The predicted molar refractivity (Wildman–Crippen MR) is 228 cm³/mol. The third-order valence-electron chi connectivity index (χ3n) is 10.5. The number of nitrogens with one attached hydrogen (secondary N) is 1. The number of anilines is 1. The molecule has 0 aliphatic carbocycles. The molecule has 0 atom stereocenters. The van der Waals surface area contributed by atoms with E-state index in [0.29, 0.717) is 12.2 Å². The fourth-order valence-corrected chi connectivity index (χ4v) is 6.99. The lowest BCUT2D eigenvalue weighted by molar-refractivity contribution is 0.0733. The van der Waals surface area contributed by atoms with Gasteiger partial charge in [0.25, 0.3) is 0 Å². The highest BCUT2D eigenvalue weighted by Gasteiger charge is 2.11. The first kappa shape index (κ1) is 46.3. The number of unbranched alkanes of at least 4 members (excludes halogenated alkanes) is 28. The number of carbonyl (C=O) groups is 1. The van der Waals surface area contributed by atoms with Crippen molar-refractivity contribution in [3.8, 4) is 11.5 Å². The molecule has 1 N–H and O–H groups in total. The summed E-state index contributed by atoms with van der Waals surface area (Å²) >= 11 is 0. The number of rotatable bonds is 36. The molecule has 5 heteroatoms. The van der Waals surface area contributed by atoms with E-state index in [-0.39, 0.29) is 11.2 Å². The first-order valence-corrected chi connectivity index (χ1v) is 22.5. The van der Waals surface area contributed by atoms with E-state index in [9.17, 15) is 9.59 Å². The molecule has 0 fully saturated rings. The lowest BCUT2D eigenvalue weighted by Crippen LogP contribution is -2.13. The van der Waals surface area contributed by atoms with Crippen molar-refractivity contribution in [1.29, 1.82) is 0 Å². The van der Waals surface area contributed by atoms with Gasteiger partial charge < -0.3 is 14.8 Å². The average Bonchev–Trinajstić information content (AvgIpc) is 3.34. The van der Waals surface area contributed by atoms with E-state index in [1.165, 1.54) is 186 Å². The topological polar surface area (TPSA) is 64.6 Å². The summed E-state index contributed by atoms with van der Waals surface area (Å²) in [5.41, 5.74) is 0.924. The molecule has 5 nitrogen and oxygen atoms in total. The minimum atomic E-state index is -0.547. The van der Waals surface area contributed by atoms with Crippen molar-refractivity contribution in [1.82, 2.24) is 0 Å². The van der Waals surface area contributed by atoms with Crippen molar-refractivity contribution in [3.63, 3.8) is 0 Å². The molecule has 0 saturated carbocycles. The summed E-state index contributed by atoms with van der Waals surface area (Å²) in [4.78, 5) is 25.4. The largest absolute Gasteiger partial charge is 0.494 e. The molecule has 2 aromatic rings. The Balaban J connectivity index is 1.49. The lowest BCUT2D eigenvalue weighted by Gasteiger charge is -2.07. The number of esters is 1. The number of carbonyl (C=O) groups excluding carboxylic acids is 1. The molecule has 0 aromatic heterocycles. The van der Waals surface area contributed by atoms with Crippen molar-refractivity contribution in [2.24, 2.45) is 0 Å². The van der Waals surface area contributed by atoms with Crippen molar-refractivity contribution < 1.29 is 14.3 Å². The Hall–Kier alpha value is -2.82. The Morgan fingerprint density at radius 1 is 0.472 bits per heavy atom. The first-order chi connectivity index (χ1) is 26.1. The Labute approximate surface area is 325 Å². The van der Waals surface area contributed by atoms with Crippen LogP contribution in [0, 0.1) is 0 Å². The second-order valence-electron chi connectivity index (χ2n) is 15.4. The number of hydrogen-bond donors (Lipinski definition) is 1. The van der Waals surface area contributed by atoms with E-state index < -0.39 is 5.97 Å². The number of benzene rings is 1. The molecular formula is C48H79NO4. The third kappa shape index (κ3) is 25.8. The Morgan fingerprint density at radius 3 is 1.32 bits per heavy atom. The van der Waals surface area contributed by atoms with E-state index in [2.05, 4.69) is 19.2 Å². The van der Waals surface area contributed by atoms with E-state index in [4.69, 9.17) is 9.47 Å². The summed E-state index contributed by atoms with van der Waals surface area (Å²) in [6.07, 6.45) is 40.4. The molecule has 0 amide bonds. The molecule has 300 valence electrons. The highest BCUT2D eigenvalue weighted by atomic mass is 16.5. The number of ether oxygens (including phenoxy) is 2. The summed E-state index contributed by atoms with van der Waals surface area (Å²) < 4.78 is 11.4. The van der Waals surface area contributed by atoms with E-state index in [1.807, 2.05) is 6.07 Å². The second kappa shape index (κ2) is 33.7. The maximum absolute atomic E-state index is 12.8. The zero-order valence-corrected chi connectivity index (χ0v) is 34.4. The molecule has 0 spiro atoms. The Bertz CT molecular complexity index is 1200. The van der Waals surface area contributed by atoms with Gasteiger partial charge in [-0.3, -0.25) is 4.79 Å². The maximum Gasteiger partial charge on any atom is 0.343 e. The van der Waals surface area contributed by atoms with Crippen LogP contribution in [-0.2, 0) is 0 Å². The molecule has 0 radical (unpaired) electrons. The molecule has 0 heterocycles. The zero-order valence-electron chi connectivity index (χ0n) is 34.4. The SMILES string of the molecule is CCCCCCCCCCCCCCCCCCOc1ccc(C(=O)Oc2ccc(NCCCCCCCCCCCCCCCC)ccc2=O)cc1. The smallest absolute Gasteiger partial charge is 0.343 e. The van der Waals surface area contributed by atoms with Gasteiger partial charge in [0.05, 0.1) is 12.2 Å². The van der Waals surface area contributed by atoms with Crippen LogP contribution in [0.1, 0.15) is 217 Å². The summed E-state index contributed by atoms with van der Waals surface area (Å²) in [6, 6.07) is 13.6. The second-order valence-corrected chi connectivity index (χ2v) is 15.4. The minimum Gasteiger partial charge on any atom is -0.494 e. The Morgan fingerprint density at radius 2 is 0.868 bits per heavy atom. The lowest BCUT2D eigenvalue weighted by atomic mass is 10.0. The van der Waals surface area contributed by atoms with Gasteiger partial charge in [0, 0.05) is 12.2 Å². The van der Waals surface area contributed by atoms with E-state index in [0.717, 1.165) is 30.8 Å². The maximum atomic E-state index is 12.8. The molecule has 53 heavy (non-hydrogen) atoms. The molecule has 2 rings (SSSR count). The van der Waals surface area contributed by atoms with Crippen LogP contribution in [0.4, 0.5) is 5.69 Å². The van der Waals surface area contributed by atoms with Crippen molar-refractivity contribution in [2.45, 2.75) is 206 Å². The molecule has 0 saturated heterocycles. The van der Waals surface area contributed by atoms with Crippen LogP contribution in [0.3, 0.4) is 0 Å². The minimum absolute atomic E-state index is 0.0309. The van der Waals surface area contributed by atoms with Crippen LogP contribution in [0.15, 0.2) is 53.3 Å². The van der Waals surface area contributed by atoms with Crippen molar-refractivity contribution >= 4 is 11.7 Å². The van der Waals surface area contributed by atoms with Gasteiger partial charge in [0.1, 0.15) is 5.75 Å². The highest BCUT2D eigenvalue weighted by molar-refractivity contribution is 5.91. The standard InChI is InChI=1S/C48H79NO4/c1-3-5-7-9-11-13-15-17-19-20-22-24-26-28-30-32-42-52-45-37-33-43(34-38-45)48(51)53-47-40-36-44(35-39-46(47)50)49-41-31-29-27-25-23-21-18-16-14-12-10-8-6-4-2/h33-40,49H,3-32,41-42H2,1-2H3. The fraction of sp³-hybridized carbons (Fsp3) is 0.708. The Kier molecular flexibility index (Phi) is 29.5. The van der Waals surface area contributed by atoms with Crippen molar-refractivity contribution in [2.75, 3.05) is 18.5 Å². The molecule has 0 unspecified atom stereocenters. The number of hydrogen-bond acceptors (Lipinski definition) is 5. The summed E-state index contributed by atoms with van der Waals surface area (Å²) in [5.74, 6) is 0.227. The first-order valence-electron chi connectivity index (χ1n) is 22.5. The van der Waals surface area contributed by atoms with E-state index >= 15 is 0 Å². The predicted octanol–water partition coefficient (Wildman–Crippen LogP) is 14.8. The van der Waals surface area contributed by atoms with Gasteiger partial charge in [0.15, 0.2) is 5.75 Å². The third-order valence-corrected chi connectivity index (χ3v) is 10.5. The zero-order chi connectivity index (χ0) is 37.9. The monoisotopic (exact) mass is 734 g/mol. The van der Waals surface area contributed by atoms with E-state index in [1.54, 1.807) is 36.4 Å². The average molecular weight is 734 g/mol. The quantitative estimate of drug-likeness (QED) is 0.0558. The summed E-state index contributed by atoms with van der Waals surface area (Å²) in [6.45, 7) is 6.10. The molecular weight excluding hydrogens is 655 g/mol. The highest BCUT2D eigenvalue weighted by Crippen LogP contribution is 2.18. The van der Waals surface area contributed by atoms with Crippen LogP contribution in [0.25, 0.3) is 0 Å². The van der Waals surface area contributed by atoms with Gasteiger partial charge in [0.2, 0.25) is 5.43 Å². The normalized spacial score (nSPS) is 11.1. The van der Waals surface area contributed by atoms with Gasteiger partial charge in [-0.1, -0.05) is 194 Å². The van der Waals surface area contributed by atoms with Crippen LogP contribution >= 0.6 is 0 Å². The molecule has 0 aliphatic rings. The summed E-state index contributed by atoms with van der Waals surface area (Å²) in [7, 11) is 0. The molecule has 0 aliphatic heterocycles. The van der Waals surface area contributed by atoms with Gasteiger partial charge in [-0.25, -0.2) is 4.79 Å². The van der Waals surface area contributed by atoms with Crippen LogP contribution in [0.2, 0.25) is 0 Å². The fourth-order valence-electron chi connectivity index (χ4n) is 6.99. The van der Waals surface area contributed by atoms with Gasteiger partial charge in [-0.05, 0) is 61.4 Å². The van der Waals surface area contributed by atoms with Gasteiger partial charge in [-0.2, -0.15) is 0 Å². The van der Waals surface area contributed by atoms with Gasteiger partial charge in [-0.15, -0.1) is 0 Å². The van der Waals surface area contributed by atoms with Gasteiger partial charge >= 0.3 is 5.97 Å².